The summed E-state index contributed by atoms with van der Waals surface area (Å²) in [5.41, 5.74) is 0. The van der Waals surface area contributed by atoms with Gasteiger partial charge in [0.1, 0.15) is 0 Å². The Bertz CT molecular complexity index is 252. The molecule has 1 saturated carbocycles. The fourth-order valence-corrected chi connectivity index (χ4v) is 1.74. The summed E-state index contributed by atoms with van der Waals surface area (Å²) in [6.07, 6.45) is 1.98. The number of nitrogens with zero attached hydrogens (tertiary/aromatic N) is 1. The van der Waals surface area contributed by atoms with Crippen molar-refractivity contribution in [2.24, 2.45) is 11.8 Å². The summed E-state index contributed by atoms with van der Waals surface area (Å²) in [6, 6.07) is -0.179. The first kappa shape index (κ1) is 14.5. The Hall–Kier alpha value is -0.610. The molecule has 1 amide bonds. The monoisotopic (exact) mass is 242 g/mol. The quantitative estimate of drug-likeness (QED) is 0.696. The molecule has 2 atom stereocenters. The standard InChI is InChI=1S/C13H26N2O2/c1-9(2)7-14-13(17)10(3)15(4)8-12(16)11-5-6-11/h9-12,16H,5-8H2,1-4H3,(H,14,17). The molecule has 2 N–H and O–H groups in total. The van der Waals surface area contributed by atoms with Crippen LogP contribution in [0.15, 0.2) is 0 Å². The predicted octanol–water partition coefficient (Wildman–Crippen LogP) is 0.850. The summed E-state index contributed by atoms with van der Waals surface area (Å²) < 4.78 is 0. The smallest absolute Gasteiger partial charge is 0.237 e. The molecule has 0 heterocycles. The van der Waals surface area contributed by atoms with E-state index in [-0.39, 0.29) is 18.1 Å². The van der Waals surface area contributed by atoms with Crippen molar-refractivity contribution in [3.63, 3.8) is 0 Å². The number of nitrogens with one attached hydrogen (secondary N) is 1. The lowest BCUT2D eigenvalue weighted by Gasteiger charge is -2.26. The molecule has 2 unspecified atom stereocenters. The molecule has 1 fully saturated rings. The lowest BCUT2D eigenvalue weighted by atomic mass is 10.2. The van der Waals surface area contributed by atoms with Gasteiger partial charge in [-0.25, -0.2) is 0 Å². The van der Waals surface area contributed by atoms with Gasteiger partial charge in [-0.3, -0.25) is 9.69 Å². The van der Waals surface area contributed by atoms with Crippen LogP contribution in [0.5, 0.6) is 0 Å². The lowest BCUT2D eigenvalue weighted by Crippen LogP contribution is -2.46. The normalized spacial score (nSPS) is 19.5. The molecule has 100 valence electrons. The van der Waals surface area contributed by atoms with Gasteiger partial charge in [-0.05, 0) is 38.6 Å². The predicted molar refractivity (Wildman–Crippen MR) is 68.7 cm³/mol. The van der Waals surface area contributed by atoms with Gasteiger partial charge < -0.3 is 10.4 Å². The Morgan fingerprint density at radius 2 is 2.00 bits per heavy atom. The van der Waals surface area contributed by atoms with E-state index in [2.05, 4.69) is 19.2 Å². The van der Waals surface area contributed by atoms with Crippen molar-refractivity contribution in [3.8, 4) is 0 Å². The minimum Gasteiger partial charge on any atom is -0.392 e. The van der Waals surface area contributed by atoms with Crippen LogP contribution in [0.2, 0.25) is 0 Å². The van der Waals surface area contributed by atoms with E-state index >= 15 is 0 Å². The van der Waals surface area contributed by atoms with E-state index in [1.165, 1.54) is 0 Å². The number of rotatable bonds is 7. The van der Waals surface area contributed by atoms with Gasteiger partial charge in [0.05, 0.1) is 12.1 Å². The van der Waals surface area contributed by atoms with Gasteiger partial charge in [0.2, 0.25) is 5.91 Å². The average Bonchev–Trinajstić information content (AvgIpc) is 3.08. The molecule has 4 heteroatoms. The van der Waals surface area contributed by atoms with Gasteiger partial charge in [0.25, 0.3) is 0 Å². The summed E-state index contributed by atoms with van der Waals surface area (Å²) >= 11 is 0. The summed E-state index contributed by atoms with van der Waals surface area (Å²) in [5.74, 6) is 0.973. The number of amides is 1. The third-order valence-electron chi connectivity index (χ3n) is 3.37. The van der Waals surface area contributed by atoms with Gasteiger partial charge in [0, 0.05) is 13.1 Å². The topological polar surface area (TPSA) is 52.6 Å². The zero-order valence-electron chi connectivity index (χ0n) is 11.4. The second kappa shape index (κ2) is 6.36. The highest BCUT2D eigenvalue weighted by Crippen LogP contribution is 2.32. The summed E-state index contributed by atoms with van der Waals surface area (Å²) in [7, 11) is 1.89. The fourth-order valence-electron chi connectivity index (χ4n) is 1.74. The van der Waals surface area contributed by atoms with Crippen LogP contribution in [0.4, 0.5) is 0 Å². The Balaban J connectivity index is 2.28. The van der Waals surface area contributed by atoms with Gasteiger partial charge in [-0.15, -0.1) is 0 Å². The molecule has 17 heavy (non-hydrogen) atoms. The van der Waals surface area contributed by atoms with E-state index < -0.39 is 0 Å². The van der Waals surface area contributed by atoms with Crippen LogP contribution in [-0.4, -0.2) is 48.2 Å². The van der Waals surface area contributed by atoms with Crippen molar-refractivity contribution in [2.45, 2.75) is 45.8 Å². The first-order valence-electron chi connectivity index (χ1n) is 6.57. The van der Waals surface area contributed by atoms with Crippen molar-refractivity contribution in [1.82, 2.24) is 10.2 Å². The molecular formula is C13H26N2O2. The molecule has 0 bridgehead atoms. The Morgan fingerprint density at radius 1 is 1.41 bits per heavy atom. The van der Waals surface area contributed by atoms with E-state index in [0.29, 0.717) is 24.9 Å². The molecular weight excluding hydrogens is 216 g/mol. The molecule has 0 radical (unpaired) electrons. The Labute approximate surface area is 104 Å². The average molecular weight is 242 g/mol. The third-order valence-corrected chi connectivity index (χ3v) is 3.37. The number of aliphatic hydroxyl groups excluding tert-OH is 1. The van der Waals surface area contributed by atoms with Crippen LogP contribution in [0.1, 0.15) is 33.6 Å². The van der Waals surface area contributed by atoms with E-state index in [1.807, 2.05) is 18.9 Å². The largest absolute Gasteiger partial charge is 0.392 e. The summed E-state index contributed by atoms with van der Waals surface area (Å²) in [4.78, 5) is 13.8. The van der Waals surface area contributed by atoms with Crippen LogP contribution in [0.25, 0.3) is 0 Å². The second-order valence-corrected chi connectivity index (χ2v) is 5.66. The molecule has 0 spiro atoms. The molecule has 0 aliphatic heterocycles. The maximum atomic E-state index is 11.8. The van der Waals surface area contributed by atoms with E-state index in [4.69, 9.17) is 0 Å². The van der Waals surface area contributed by atoms with E-state index in [1.54, 1.807) is 0 Å². The number of hydrogen-bond acceptors (Lipinski definition) is 3. The number of hydrogen-bond donors (Lipinski definition) is 2. The number of aliphatic hydroxyl groups is 1. The maximum absolute atomic E-state index is 11.8. The maximum Gasteiger partial charge on any atom is 0.237 e. The van der Waals surface area contributed by atoms with Crippen LogP contribution < -0.4 is 5.32 Å². The van der Waals surface area contributed by atoms with Gasteiger partial charge >= 0.3 is 0 Å². The van der Waals surface area contributed by atoms with Crippen molar-refractivity contribution >= 4 is 5.91 Å². The number of carbonyl (C=O) groups excluding carboxylic acids is 1. The van der Waals surface area contributed by atoms with Crippen LogP contribution in [0.3, 0.4) is 0 Å². The fraction of sp³-hybridized carbons (Fsp3) is 0.923. The van der Waals surface area contributed by atoms with Crippen molar-refractivity contribution in [1.29, 1.82) is 0 Å². The Morgan fingerprint density at radius 3 is 2.47 bits per heavy atom. The van der Waals surface area contributed by atoms with Crippen molar-refractivity contribution in [2.75, 3.05) is 20.1 Å². The molecule has 0 aromatic rings. The molecule has 0 saturated heterocycles. The SMILES string of the molecule is CC(C)CNC(=O)C(C)N(C)CC(O)C1CC1. The highest BCUT2D eigenvalue weighted by atomic mass is 16.3. The first-order chi connectivity index (χ1) is 7.91. The molecule has 0 aromatic heterocycles. The highest BCUT2D eigenvalue weighted by molar-refractivity contribution is 5.81. The molecule has 1 rings (SSSR count). The van der Waals surface area contributed by atoms with E-state index in [0.717, 1.165) is 12.8 Å². The summed E-state index contributed by atoms with van der Waals surface area (Å²) in [6.45, 7) is 7.33. The minimum absolute atomic E-state index is 0.0456. The molecule has 1 aliphatic carbocycles. The molecule has 0 aromatic carbocycles. The summed E-state index contributed by atoms with van der Waals surface area (Å²) in [5, 5.41) is 12.8. The van der Waals surface area contributed by atoms with Gasteiger partial charge in [-0.2, -0.15) is 0 Å². The third kappa shape index (κ3) is 5.04. The van der Waals surface area contributed by atoms with Crippen LogP contribution in [0, 0.1) is 11.8 Å². The van der Waals surface area contributed by atoms with E-state index in [9.17, 15) is 9.90 Å². The zero-order chi connectivity index (χ0) is 13.0. The van der Waals surface area contributed by atoms with Gasteiger partial charge in [-0.1, -0.05) is 13.8 Å². The Kier molecular flexibility index (Phi) is 5.40. The minimum atomic E-state index is -0.277. The number of likely N-dealkylation sites (N-methyl/N-ethyl adjacent to an activating group) is 1. The second-order valence-electron chi connectivity index (χ2n) is 5.66. The molecule has 4 nitrogen and oxygen atoms in total. The van der Waals surface area contributed by atoms with Crippen LogP contribution >= 0.6 is 0 Å². The molecule has 1 aliphatic rings. The van der Waals surface area contributed by atoms with Crippen molar-refractivity contribution in [3.05, 3.63) is 0 Å². The lowest BCUT2D eigenvalue weighted by molar-refractivity contribution is -0.126. The van der Waals surface area contributed by atoms with Crippen LogP contribution in [-0.2, 0) is 4.79 Å². The van der Waals surface area contributed by atoms with Gasteiger partial charge in [0.15, 0.2) is 0 Å². The van der Waals surface area contributed by atoms with Crippen molar-refractivity contribution < 1.29 is 9.90 Å². The number of carbonyl (C=O) groups is 1. The first-order valence-corrected chi connectivity index (χ1v) is 6.57. The highest BCUT2D eigenvalue weighted by Gasteiger charge is 2.31. The zero-order valence-corrected chi connectivity index (χ0v) is 11.4.